The highest BCUT2D eigenvalue weighted by Gasteiger charge is 2.44. The summed E-state index contributed by atoms with van der Waals surface area (Å²) in [7, 11) is 0. The monoisotopic (exact) mass is 286 g/mol. The van der Waals surface area contributed by atoms with E-state index in [0.29, 0.717) is 5.96 Å². The topological polar surface area (TPSA) is 44.9 Å². The first kappa shape index (κ1) is 14.4. The van der Waals surface area contributed by atoms with Gasteiger partial charge in [-0.2, -0.15) is 0 Å². The van der Waals surface area contributed by atoms with Crippen LogP contribution in [0.2, 0.25) is 0 Å². The molecule has 2 aliphatic rings. The highest BCUT2D eigenvalue weighted by Crippen LogP contribution is 2.36. The fourth-order valence-corrected chi connectivity index (χ4v) is 3.60. The van der Waals surface area contributed by atoms with Crippen molar-refractivity contribution in [1.82, 2.24) is 4.90 Å². The normalized spacial score (nSPS) is 21.8. The van der Waals surface area contributed by atoms with Crippen LogP contribution >= 0.6 is 0 Å². The van der Waals surface area contributed by atoms with E-state index in [-0.39, 0.29) is 5.54 Å². The van der Waals surface area contributed by atoms with Crippen LogP contribution in [0, 0.1) is 6.92 Å². The fraction of sp³-hybridized carbons (Fsp3) is 0.588. The number of guanidine groups is 1. The molecular formula is C17H26N4. The van der Waals surface area contributed by atoms with Gasteiger partial charge in [0.15, 0.2) is 5.96 Å². The largest absolute Gasteiger partial charge is 0.369 e. The molecule has 3 rings (SSSR count). The van der Waals surface area contributed by atoms with Gasteiger partial charge in [-0.15, -0.1) is 0 Å². The Kier molecular flexibility index (Phi) is 3.89. The van der Waals surface area contributed by atoms with E-state index in [4.69, 9.17) is 5.73 Å². The van der Waals surface area contributed by atoms with Gasteiger partial charge in [0.05, 0.1) is 12.1 Å². The van der Waals surface area contributed by atoms with E-state index in [1.807, 2.05) is 0 Å². The molecule has 1 aromatic rings. The van der Waals surface area contributed by atoms with Crippen LogP contribution < -0.4 is 10.6 Å². The van der Waals surface area contributed by atoms with Gasteiger partial charge in [0.2, 0.25) is 0 Å². The number of hydrogen-bond donors (Lipinski definition) is 1. The Hall–Kier alpha value is -1.55. The van der Waals surface area contributed by atoms with Crippen LogP contribution in [0.3, 0.4) is 0 Å². The molecule has 1 aromatic carbocycles. The van der Waals surface area contributed by atoms with E-state index in [2.05, 4.69) is 52.9 Å². The summed E-state index contributed by atoms with van der Waals surface area (Å²) in [6.07, 6.45) is 3.52. The second-order valence-corrected chi connectivity index (χ2v) is 6.41. The molecule has 0 atom stereocenters. The van der Waals surface area contributed by atoms with Crippen molar-refractivity contribution in [3.8, 4) is 0 Å². The summed E-state index contributed by atoms with van der Waals surface area (Å²) in [6, 6.07) is 8.65. The third-order valence-corrected chi connectivity index (χ3v) is 4.86. The van der Waals surface area contributed by atoms with Crippen molar-refractivity contribution in [1.29, 1.82) is 0 Å². The van der Waals surface area contributed by atoms with Crippen molar-refractivity contribution in [3.05, 3.63) is 29.8 Å². The number of nitrogens with two attached hydrogens (primary N) is 1. The number of aliphatic imine (C=N–C) groups is 1. The van der Waals surface area contributed by atoms with Crippen LogP contribution in [0.15, 0.2) is 29.3 Å². The molecule has 1 saturated heterocycles. The highest BCUT2D eigenvalue weighted by molar-refractivity contribution is 5.98. The van der Waals surface area contributed by atoms with Crippen LogP contribution in [-0.4, -0.2) is 42.6 Å². The fourth-order valence-electron chi connectivity index (χ4n) is 3.60. The van der Waals surface area contributed by atoms with Gasteiger partial charge < -0.3 is 15.5 Å². The predicted molar refractivity (Wildman–Crippen MR) is 88.8 cm³/mol. The third kappa shape index (κ3) is 2.64. The summed E-state index contributed by atoms with van der Waals surface area (Å²) in [4.78, 5) is 9.42. The zero-order valence-corrected chi connectivity index (χ0v) is 13.2. The van der Waals surface area contributed by atoms with E-state index >= 15 is 0 Å². The first-order chi connectivity index (χ1) is 10.1. The SMILES string of the molecule is CCCN1CCC2(CC1)CN=C(N)N2c1ccc(C)cc1. The first-order valence-corrected chi connectivity index (χ1v) is 8.04. The lowest BCUT2D eigenvalue weighted by Gasteiger charge is -2.45. The molecule has 2 heterocycles. The Balaban J connectivity index is 1.81. The van der Waals surface area contributed by atoms with Crippen LogP contribution in [0.5, 0.6) is 0 Å². The van der Waals surface area contributed by atoms with Gasteiger partial charge in [-0.25, -0.2) is 0 Å². The van der Waals surface area contributed by atoms with Gasteiger partial charge >= 0.3 is 0 Å². The highest BCUT2D eigenvalue weighted by atomic mass is 15.4. The van der Waals surface area contributed by atoms with Crippen molar-refractivity contribution >= 4 is 11.6 Å². The third-order valence-electron chi connectivity index (χ3n) is 4.86. The Morgan fingerprint density at radius 1 is 1.19 bits per heavy atom. The summed E-state index contributed by atoms with van der Waals surface area (Å²) in [5.74, 6) is 0.683. The second-order valence-electron chi connectivity index (χ2n) is 6.41. The van der Waals surface area contributed by atoms with E-state index in [1.54, 1.807) is 0 Å². The van der Waals surface area contributed by atoms with Gasteiger partial charge in [-0.3, -0.25) is 4.99 Å². The van der Waals surface area contributed by atoms with Crippen LogP contribution in [0.25, 0.3) is 0 Å². The molecule has 0 bridgehead atoms. The molecule has 4 heteroatoms. The van der Waals surface area contributed by atoms with E-state index in [1.165, 1.54) is 24.2 Å². The lowest BCUT2D eigenvalue weighted by molar-refractivity contribution is 0.171. The Labute approximate surface area is 127 Å². The van der Waals surface area contributed by atoms with Crippen molar-refractivity contribution in [2.24, 2.45) is 10.7 Å². The smallest absolute Gasteiger partial charge is 0.196 e. The van der Waals surface area contributed by atoms with Gasteiger partial charge in [-0.1, -0.05) is 24.6 Å². The summed E-state index contributed by atoms with van der Waals surface area (Å²) in [5, 5.41) is 0. The predicted octanol–water partition coefficient (Wildman–Crippen LogP) is 2.37. The standard InChI is InChI=1S/C17H26N4/c1-3-10-20-11-8-17(9-12-20)13-19-16(18)21(17)15-6-4-14(2)5-7-15/h4-7H,3,8-13H2,1-2H3,(H2,18,19). The minimum atomic E-state index is 0.101. The number of anilines is 1. The quantitative estimate of drug-likeness (QED) is 0.928. The molecule has 1 spiro atoms. The van der Waals surface area contributed by atoms with Gasteiger partial charge in [0, 0.05) is 18.8 Å². The van der Waals surface area contributed by atoms with Crippen LogP contribution in [-0.2, 0) is 0 Å². The first-order valence-electron chi connectivity index (χ1n) is 8.04. The number of hydrogen-bond acceptors (Lipinski definition) is 4. The maximum atomic E-state index is 6.21. The molecule has 0 unspecified atom stereocenters. The van der Waals surface area contributed by atoms with E-state index < -0.39 is 0 Å². The summed E-state index contributed by atoms with van der Waals surface area (Å²) < 4.78 is 0. The zero-order chi connectivity index (χ0) is 14.9. The van der Waals surface area contributed by atoms with Crippen molar-refractivity contribution in [2.75, 3.05) is 31.1 Å². The molecule has 0 radical (unpaired) electrons. The zero-order valence-electron chi connectivity index (χ0n) is 13.2. The molecule has 0 saturated carbocycles. The number of nitrogens with zero attached hydrogens (tertiary/aromatic N) is 3. The van der Waals surface area contributed by atoms with Crippen molar-refractivity contribution < 1.29 is 0 Å². The number of likely N-dealkylation sites (tertiary alicyclic amines) is 1. The lowest BCUT2D eigenvalue weighted by Crippen LogP contribution is -2.57. The van der Waals surface area contributed by atoms with Gasteiger partial charge in [0.1, 0.15) is 0 Å². The molecule has 0 aromatic heterocycles. The molecule has 21 heavy (non-hydrogen) atoms. The minimum Gasteiger partial charge on any atom is -0.369 e. The molecule has 2 aliphatic heterocycles. The second kappa shape index (κ2) is 5.68. The van der Waals surface area contributed by atoms with Crippen LogP contribution in [0.4, 0.5) is 5.69 Å². The summed E-state index contributed by atoms with van der Waals surface area (Å²) >= 11 is 0. The molecule has 0 amide bonds. The number of benzene rings is 1. The van der Waals surface area contributed by atoms with Gasteiger partial charge in [-0.05, 0) is 44.9 Å². The number of rotatable bonds is 3. The number of piperidine rings is 1. The maximum absolute atomic E-state index is 6.21. The molecular weight excluding hydrogens is 260 g/mol. The maximum Gasteiger partial charge on any atom is 0.196 e. The Bertz CT molecular complexity index is 512. The van der Waals surface area contributed by atoms with Crippen LogP contribution in [0.1, 0.15) is 31.7 Å². The van der Waals surface area contributed by atoms with Crippen molar-refractivity contribution in [2.45, 2.75) is 38.6 Å². The molecule has 2 N–H and O–H groups in total. The average Bonchev–Trinajstić information content (AvgIpc) is 2.80. The minimum absolute atomic E-state index is 0.101. The molecule has 4 nitrogen and oxygen atoms in total. The summed E-state index contributed by atoms with van der Waals surface area (Å²) in [5.41, 5.74) is 8.77. The average molecular weight is 286 g/mol. The molecule has 114 valence electrons. The Morgan fingerprint density at radius 2 is 1.86 bits per heavy atom. The van der Waals surface area contributed by atoms with E-state index in [9.17, 15) is 0 Å². The molecule has 1 fully saturated rings. The summed E-state index contributed by atoms with van der Waals surface area (Å²) in [6.45, 7) is 8.71. The van der Waals surface area contributed by atoms with E-state index in [0.717, 1.165) is 32.5 Å². The molecule has 0 aliphatic carbocycles. The van der Waals surface area contributed by atoms with Gasteiger partial charge in [0.25, 0.3) is 0 Å². The Morgan fingerprint density at radius 3 is 2.48 bits per heavy atom. The van der Waals surface area contributed by atoms with Crippen molar-refractivity contribution in [3.63, 3.8) is 0 Å². The lowest BCUT2D eigenvalue weighted by atomic mass is 9.86. The number of aryl methyl sites for hydroxylation is 1.